The van der Waals surface area contributed by atoms with Gasteiger partial charge in [-0.15, -0.1) is 0 Å². The SMILES string of the molecule is C/C=C/C=C/C(=O)N1CCN(Cc2cn3ccccc3n2)CC1. The molecule has 5 heteroatoms. The Balaban J connectivity index is 1.53. The molecule has 1 aliphatic rings. The Morgan fingerprint density at radius 1 is 1.22 bits per heavy atom. The standard InChI is InChI=1S/C18H22N4O/c1-2-3-4-8-18(23)21-12-10-20(11-13-21)14-16-15-22-9-6-5-7-17(22)19-16/h2-9,15H,10-14H2,1H3/b3-2+,8-4+. The number of allylic oxidation sites excluding steroid dienone is 3. The van der Waals surface area contributed by atoms with Crippen LogP contribution in [0.15, 0.2) is 54.9 Å². The lowest BCUT2D eigenvalue weighted by molar-refractivity contribution is -0.127. The van der Waals surface area contributed by atoms with Crippen LogP contribution in [0.3, 0.4) is 0 Å². The van der Waals surface area contributed by atoms with Crippen LogP contribution < -0.4 is 0 Å². The first-order valence-electron chi connectivity index (χ1n) is 7.99. The lowest BCUT2D eigenvalue weighted by Crippen LogP contribution is -2.47. The van der Waals surface area contributed by atoms with E-state index < -0.39 is 0 Å². The maximum Gasteiger partial charge on any atom is 0.246 e. The van der Waals surface area contributed by atoms with E-state index in [1.807, 2.05) is 52.8 Å². The Morgan fingerprint density at radius 3 is 2.78 bits per heavy atom. The Hall–Kier alpha value is -2.40. The minimum Gasteiger partial charge on any atom is -0.337 e. The molecule has 0 N–H and O–H groups in total. The second-order valence-corrected chi connectivity index (χ2v) is 5.68. The zero-order valence-electron chi connectivity index (χ0n) is 13.4. The van der Waals surface area contributed by atoms with E-state index in [1.165, 1.54) is 0 Å². The van der Waals surface area contributed by atoms with Gasteiger partial charge in [0, 0.05) is 51.2 Å². The third kappa shape index (κ3) is 3.87. The molecule has 2 aromatic rings. The number of imidazole rings is 1. The van der Waals surface area contributed by atoms with Crippen LogP contribution >= 0.6 is 0 Å². The van der Waals surface area contributed by atoms with Gasteiger partial charge in [0.25, 0.3) is 0 Å². The minimum absolute atomic E-state index is 0.0930. The molecule has 1 amide bonds. The molecule has 1 fully saturated rings. The van der Waals surface area contributed by atoms with Gasteiger partial charge >= 0.3 is 0 Å². The van der Waals surface area contributed by atoms with Crippen molar-refractivity contribution in [2.45, 2.75) is 13.5 Å². The van der Waals surface area contributed by atoms with Crippen LogP contribution in [-0.2, 0) is 11.3 Å². The van der Waals surface area contributed by atoms with Gasteiger partial charge < -0.3 is 9.30 Å². The van der Waals surface area contributed by atoms with E-state index in [4.69, 9.17) is 0 Å². The Labute approximate surface area is 136 Å². The zero-order valence-corrected chi connectivity index (χ0v) is 13.4. The van der Waals surface area contributed by atoms with Crippen molar-refractivity contribution < 1.29 is 4.79 Å². The Morgan fingerprint density at radius 2 is 2.04 bits per heavy atom. The van der Waals surface area contributed by atoms with Gasteiger partial charge in [-0.2, -0.15) is 0 Å². The molecule has 120 valence electrons. The third-order valence-electron chi connectivity index (χ3n) is 4.03. The first-order chi connectivity index (χ1) is 11.3. The van der Waals surface area contributed by atoms with Gasteiger partial charge in [-0.3, -0.25) is 9.69 Å². The Kier molecular flexibility index (Phi) is 4.88. The number of nitrogens with zero attached hydrogens (tertiary/aromatic N) is 4. The molecule has 0 atom stereocenters. The number of rotatable bonds is 4. The summed E-state index contributed by atoms with van der Waals surface area (Å²) in [6.07, 6.45) is 11.3. The van der Waals surface area contributed by atoms with Gasteiger partial charge in [-0.1, -0.05) is 24.3 Å². The monoisotopic (exact) mass is 310 g/mol. The molecule has 5 nitrogen and oxygen atoms in total. The topological polar surface area (TPSA) is 40.9 Å². The summed E-state index contributed by atoms with van der Waals surface area (Å²) < 4.78 is 2.04. The second-order valence-electron chi connectivity index (χ2n) is 5.68. The number of carbonyl (C=O) groups is 1. The molecule has 0 aromatic carbocycles. The number of hydrogen-bond donors (Lipinski definition) is 0. The number of pyridine rings is 1. The highest BCUT2D eigenvalue weighted by Gasteiger charge is 2.20. The lowest BCUT2D eigenvalue weighted by Gasteiger charge is -2.33. The van der Waals surface area contributed by atoms with Crippen LogP contribution in [0, 0.1) is 0 Å². The van der Waals surface area contributed by atoms with E-state index in [1.54, 1.807) is 12.2 Å². The summed E-state index contributed by atoms with van der Waals surface area (Å²) in [6, 6.07) is 6.01. The molecular formula is C18H22N4O. The van der Waals surface area contributed by atoms with Crippen LogP contribution in [-0.4, -0.2) is 51.3 Å². The smallest absolute Gasteiger partial charge is 0.246 e. The van der Waals surface area contributed by atoms with E-state index in [0.29, 0.717) is 0 Å². The van der Waals surface area contributed by atoms with Crippen molar-refractivity contribution in [3.8, 4) is 0 Å². The summed E-state index contributed by atoms with van der Waals surface area (Å²) in [7, 11) is 0. The van der Waals surface area contributed by atoms with Crippen molar-refractivity contribution in [2.75, 3.05) is 26.2 Å². The highest BCUT2D eigenvalue weighted by Crippen LogP contribution is 2.10. The molecule has 0 unspecified atom stereocenters. The van der Waals surface area contributed by atoms with Crippen molar-refractivity contribution in [1.29, 1.82) is 0 Å². The second kappa shape index (κ2) is 7.24. The summed E-state index contributed by atoms with van der Waals surface area (Å²) in [5.74, 6) is 0.0930. The van der Waals surface area contributed by atoms with Crippen molar-refractivity contribution >= 4 is 11.6 Å². The molecule has 23 heavy (non-hydrogen) atoms. The summed E-state index contributed by atoms with van der Waals surface area (Å²) >= 11 is 0. The average molecular weight is 310 g/mol. The number of carbonyl (C=O) groups excluding carboxylic acids is 1. The van der Waals surface area contributed by atoms with Gasteiger partial charge in [0.15, 0.2) is 0 Å². The van der Waals surface area contributed by atoms with Crippen LogP contribution in [0.4, 0.5) is 0 Å². The van der Waals surface area contributed by atoms with Crippen LogP contribution in [0.1, 0.15) is 12.6 Å². The molecule has 0 radical (unpaired) electrons. The highest BCUT2D eigenvalue weighted by atomic mass is 16.2. The van der Waals surface area contributed by atoms with Crippen molar-refractivity contribution in [3.63, 3.8) is 0 Å². The van der Waals surface area contributed by atoms with Crippen molar-refractivity contribution in [3.05, 3.63) is 60.6 Å². The van der Waals surface area contributed by atoms with Gasteiger partial charge in [-0.05, 0) is 19.1 Å². The number of amides is 1. The molecule has 3 heterocycles. The molecule has 0 bridgehead atoms. The molecule has 0 spiro atoms. The molecule has 0 aliphatic carbocycles. The Bertz CT molecular complexity index is 690. The predicted octanol–water partition coefficient (Wildman–Crippen LogP) is 2.11. The number of hydrogen-bond acceptors (Lipinski definition) is 3. The largest absolute Gasteiger partial charge is 0.337 e. The minimum atomic E-state index is 0.0930. The summed E-state index contributed by atoms with van der Waals surface area (Å²) in [5, 5.41) is 0. The number of fused-ring (bicyclic) bond motifs is 1. The van der Waals surface area contributed by atoms with Crippen LogP contribution in [0.5, 0.6) is 0 Å². The molecule has 0 saturated carbocycles. The lowest BCUT2D eigenvalue weighted by atomic mass is 10.3. The van der Waals surface area contributed by atoms with Gasteiger partial charge in [-0.25, -0.2) is 4.98 Å². The van der Waals surface area contributed by atoms with Crippen molar-refractivity contribution in [2.24, 2.45) is 0 Å². The quantitative estimate of drug-likeness (QED) is 0.641. The molecule has 1 saturated heterocycles. The third-order valence-corrected chi connectivity index (χ3v) is 4.03. The fraction of sp³-hybridized carbons (Fsp3) is 0.333. The molecular weight excluding hydrogens is 288 g/mol. The number of aromatic nitrogens is 2. The molecule has 2 aromatic heterocycles. The average Bonchev–Trinajstić information content (AvgIpc) is 2.98. The predicted molar refractivity (Wildman–Crippen MR) is 91.0 cm³/mol. The van der Waals surface area contributed by atoms with E-state index in [-0.39, 0.29) is 5.91 Å². The summed E-state index contributed by atoms with van der Waals surface area (Å²) in [4.78, 5) is 20.9. The first kappa shape index (κ1) is 15.5. The van der Waals surface area contributed by atoms with Crippen LogP contribution in [0.2, 0.25) is 0 Å². The fourth-order valence-corrected chi connectivity index (χ4v) is 2.77. The summed E-state index contributed by atoms with van der Waals surface area (Å²) in [5.41, 5.74) is 2.05. The summed E-state index contributed by atoms with van der Waals surface area (Å²) in [6.45, 7) is 6.08. The van der Waals surface area contributed by atoms with Gasteiger partial charge in [0.2, 0.25) is 5.91 Å². The zero-order chi connectivity index (χ0) is 16.1. The van der Waals surface area contributed by atoms with Gasteiger partial charge in [0.05, 0.1) is 5.69 Å². The highest BCUT2D eigenvalue weighted by molar-refractivity contribution is 5.87. The normalized spacial score (nSPS) is 16.8. The van der Waals surface area contributed by atoms with Crippen molar-refractivity contribution in [1.82, 2.24) is 19.2 Å². The first-order valence-corrected chi connectivity index (χ1v) is 7.99. The van der Waals surface area contributed by atoms with E-state index >= 15 is 0 Å². The maximum absolute atomic E-state index is 12.0. The maximum atomic E-state index is 12.0. The van der Waals surface area contributed by atoms with E-state index in [9.17, 15) is 4.79 Å². The van der Waals surface area contributed by atoms with Crippen LogP contribution in [0.25, 0.3) is 5.65 Å². The molecule has 1 aliphatic heterocycles. The molecule has 3 rings (SSSR count). The van der Waals surface area contributed by atoms with E-state index in [0.717, 1.165) is 44.1 Å². The van der Waals surface area contributed by atoms with Gasteiger partial charge in [0.1, 0.15) is 5.65 Å². The van der Waals surface area contributed by atoms with E-state index in [2.05, 4.69) is 16.1 Å². The number of piperazine rings is 1. The fourth-order valence-electron chi connectivity index (χ4n) is 2.77.